The second-order valence-corrected chi connectivity index (χ2v) is 5.12. The Hall–Kier alpha value is -2.95. The largest absolute Gasteiger partial charge is 0.489 e. The van der Waals surface area contributed by atoms with Crippen molar-refractivity contribution in [2.45, 2.75) is 13.5 Å². The van der Waals surface area contributed by atoms with E-state index >= 15 is 0 Å². The molecule has 0 unspecified atom stereocenters. The molecular weight excluding hydrogens is 292 g/mol. The molecule has 0 saturated carbocycles. The Bertz CT molecular complexity index is 825. The zero-order valence-electron chi connectivity index (χ0n) is 12.8. The van der Waals surface area contributed by atoms with Crippen LogP contribution in [0.2, 0.25) is 0 Å². The van der Waals surface area contributed by atoms with E-state index in [0.29, 0.717) is 35.7 Å². The van der Waals surface area contributed by atoms with Crippen LogP contribution < -0.4 is 10.5 Å². The van der Waals surface area contributed by atoms with Gasteiger partial charge in [0.1, 0.15) is 23.7 Å². The van der Waals surface area contributed by atoms with E-state index in [0.717, 1.165) is 11.1 Å². The number of nitrogen functional groups attached to an aromatic ring is 1. The minimum Gasteiger partial charge on any atom is -0.489 e. The van der Waals surface area contributed by atoms with Crippen LogP contribution in [0, 0.1) is 0 Å². The SMILES string of the molecule is CCOC(=O)c1c(N)[nH]c2ccc(OCc3ccccc3)cc12. The number of aromatic nitrogens is 1. The van der Waals surface area contributed by atoms with Gasteiger partial charge in [0.15, 0.2) is 0 Å². The van der Waals surface area contributed by atoms with E-state index in [-0.39, 0.29) is 0 Å². The monoisotopic (exact) mass is 310 g/mol. The molecule has 3 N–H and O–H groups in total. The van der Waals surface area contributed by atoms with E-state index in [1.807, 2.05) is 42.5 Å². The number of rotatable bonds is 5. The molecule has 118 valence electrons. The van der Waals surface area contributed by atoms with Crippen LogP contribution in [0.4, 0.5) is 5.82 Å². The number of aromatic amines is 1. The smallest absolute Gasteiger partial charge is 0.342 e. The van der Waals surface area contributed by atoms with Crippen molar-refractivity contribution in [2.75, 3.05) is 12.3 Å². The Morgan fingerprint density at radius 2 is 1.96 bits per heavy atom. The highest BCUT2D eigenvalue weighted by Gasteiger charge is 2.18. The molecule has 0 saturated heterocycles. The molecule has 23 heavy (non-hydrogen) atoms. The molecule has 3 aromatic rings. The first-order chi connectivity index (χ1) is 11.2. The lowest BCUT2D eigenvalue weighted by Crippen LogP contribution is -2.06. The zero-order chi connectivity index (χ0) is 16.2. The Balaban J connectivity index is 1.88. The molecule has 0 radical (unpaired) electrons. The number of carbonyl (C=O) groups is 1. The molecule has 0 aliphatic carbocycles. The maximum atomic E-state index is 12.1. The summed E-state index contributed by atoms with van der Waals surface area (Å²) in [6.07, 6.45) is 0. The summed E-state index contributed by atoms with van der Waals surface area (Å²) in [7, 11) is 0. The van der Waals surface area contributed by atoms with Gasteiger partial charge in [0.05, 0.1) is 6.61 Å². The average molecular weight is 310 g/mol. The number of esters is 1. The molecule has 0 aliphatic heterocycles. The number of nitrogens with one attached hydrogen (secondary N) is 1. The van der Waals surface area contributed by atoms with E-state index in [1.54, 1.807) is 13.0 Å². The molecule has 0 atom stereocenters. The van der Waals surface area contributed by atoms with Gasteiger partial charge < -0.3 is 20.2 Å². The number of hydrogen-bond donors (Lipinski definition) is 2. The topological polar surface area (TPSA) is 77.3 Å². The number of hydrogen-bond acceptors (Lipinski definition) is 4. The summed E-state index contributed by atoms with van der Waals surface area (Å²) in [5.41, 5.74) is 8.11. The highest BCUT2D eigenvalue weighted by molar-refractivity contribution is 6.09. The minimum atomic E-state index is -0.434. The van der Waals surface area contributed by atoms with Crippen molar-refractivity contribution in [3.05, 3.63) is 59.7 Å². The van der Waals surface area contributed by atoms with Crippen LogP contribution >= 0.6 is 0 Å². The van der Waals surface area contributed by atoms with Crippen molar-refractivity contribution in [2.24, 2.45) is 0 Å². The summed E-state index contributed by atoms with van der Waals surface area (Å²) in [6.45, 7) is 2.52. The van der Waals surface area contributed by atoms with E-state index in [1.165, 1.54) is 0 Å². The van der Waals surface area contributed by atoms with Crippen LogP contribution in [0.3, 0.4) is 0 Å². The van der Waals surface area contributed by atoms with Gasteiger partial charge in [0, 0.05) is 10.9 Å². The van der Waals surface area contributed by atoms with Crippen molar-refractivity contribution in [3.63, 3.8) is 0 Å². The van der Waals surface area contributed by atoms with Crippen LogP contribution in [0.1, 0.15) is 22.8 Å². The lowest BCUT2D eigenvalue weighted by atomic mass is 10.1. The maximum absolute atomic E-state index is 12.1. The highest BCUT2D eigenvalue weighted by Crippen LogP contribution is 2.29. The van der Waals surface area contributed by atoms with Gasteiger partial charge in [-0.1, -0.05) is 30.3 Å². The van der Waals surface area contributed by atoms with Crippen molar-refractivity contribution >= 4 is 22.7 Å². The number of H-pyrrole nitrogens is 1. The second-order valence-electron chi connectivity index (χ2n) is 5.12. The van der Waals surface area contributed by atoms with Crippen LogP contribution in [0.5, 0.6) is 5.75 Å². The number of ether oxygens (including phenoxy) is 2. The summed E-state index contributed by atoms with van der Waals surface area (Å²) in [6, 6.07) is 15.4. The van der Waals surface area contributed by atoms with Gasteiger partial charge >= 0.3 is 5.97 Å². The van der Waals surface area contributed by atoms with Gasteiger partial charge in [-0.25, -0.2) is 4.79 Å². The molecule has 3 rings (SSSR count). The summed E-state index contributed by atoms with van der Waals surface area (Å²) < 4.78 is 10.9. The average Bonchev–Trinajstić information content (AvgIpc) is 2.89. The first kappa shape index (κ1) is 15.0. The summed E-state index contributed by atoms with van der Waals surface area (Å²) in [4.78, 5) is 15.1. The number of carbonyl (C=O) groups excluding carboxylic acids is 1. The standard InChI is InChI=1S/C18H18N2O3/c1-2-22-18(21)16-14-10-13(8-9-15(14)20-17(16)19)23-11-12-6-4-3-5-7-12/h3-10,20H,2,11,19H2,1H3. The second kappa shape index (κ2) is 6.44. The number of fused-ring (bicyclic) bond motifs is 1. The molecule has 5 nitrogen and oxygen atoms in total. The van der Waals surface area contributed by atoms with Gasteiger partial charge in [-0.2, -0.15) is 0 Å². The minimum absolute atomic E-state index is 0.301. The third-order valence-corrected chi connectivity index (χ3v) is 3.53. The van der Waals surface area contributed by atoms with Crippen molar-refractivity contribution in [1.29, 1.82) is 0 Å². The highest BCUT2D eigenvalue weighted by atomic mass is 16.5. The summed E-state index contributed by atoms with van der Waals surface area (Å²) in [5, 5.41) is 0.700. The lowest BCUT2D eigenvalue weighted by molar-refractivity contribution is 0.0530. The Kier molecular flexibility index (Phi) is 4.19. The normalized spacial score (nSPS) is 10.7. The Morgan fingerprint density at radius 3 is 2.70 bits per heavy atom. The fourth-order valence-electron chi connectivity index (χ4n) is 2.45. The molecule has 0 amide bonds. The van der Waals surface area contributed by atoms with Crippen molar-refractivity contribution in [3.8, 4) is 5.75 Å². The van der Waals surface area contributed by atoms with E-state index in [4.69, 9.17) is 15.2 Å². The van der Waals surface area contributed by atoms with Gasteiger partial charge in [0.2, 0.25) is 0 Å². The maximum Gasteiger partial charge on any atom is 0.342 e. The van der Waals surface area contributed by atoms with Gasteiger partial charge in [-0.05, 0) is 30.7 Å². The third kappa shape index (κ3) is 3.13. The predicted molar refractivity (Wildman–Crippen MR) is 89.4 cm³/mol. The fourth-order valence-corrected chi connectivity index (χ4v) is 2.45. The molecular formula is C18H18N2O3. The summed E-state index contributed by atoms with van der Waals surface area (Å²) in [5.74, 6) is 0.543. The molecule has 2 aromatic carbocycles. The van der Waals surface area contributed by atoms with E-state index in [9.17, 15) is 4.79 Å². The van der Waals surface area contributed by atoms with Crippen molar-refractivity contribution in [1.82, 2.24) is 4.98 Å². The van der Waals surface area contributed by atoms with Crippen LogP contribution in [-0.4, -0.2) is 17.6 Å². The molecule has 0 aliphatic rings. The lowest BCUT2D eigenvalue weighted by Gasteiger charge is -2.07. The van der Waals surface area contributed by atoms with E-state index in [2.05, 4.69) is 4.98 Å². The number of anilines is 1. The quantitative estimate of drug-likeness (QED) is 0.707. The van der Waals surface area contributed by atoms with E-state index < -0.39 is 5.97 Å². The molecule has 1 heterocycles. The van der Waals surface area contributed by atoms with Crippen LogP contribution in [0.15, 0.2) is 48.5 Å². The number of nitrogens with two attached hydrogens (primary N) is 1. The van der Waals surface area contributed by atoms with Gasteiger partial charge in [0.25, 0.3) is 0 Å². The Morgan fingerprint density at radius 1 is 1.17 bits per heavy atom. The molecule has 0 spiro atoms. The molecule has 5 heteroatoms. The van der Waals surface area contributed by atoms with Gasteiger partial charge in [-0.15, -0.1) is 0 Å². The predicted octanol–water partition coefficient (Wildman–Crippen LogP) is 3.51. The first-order valence-electron chi connectivity index (χ1n) is 7.44. The fraction of sp³-hybridized carbons (Fsp3) is 0.167. The Labute approximate surface area is 134 Å². The zero-order valence-corrected chi connectivity index (χ0v) is 12.8. The van der Waals surface area contributed by atoms with Crippen molar-refractivity contribution < 1.29 is 14.3 Å². The van der Waals surface area contributed by atoms with Crippen LogP contribution in [-0.2, 0) is 11.3 Å². The first-order valence-corrected chi connectivity index (χ1v) is 7.44. The summed E-state index contributed by atoms with van der Waals surface area (Å²) >= 11 is 0. The molecule has 0 fully saturated rings. The number of benzene rings is 2. The third-order valence-electron chi connectivity index (χ3n) is 3.53. The van der Waals surface area contributed by atoms with Crippen LogP contribution in [0.25, 0.3) is 10.9 Å². The molecule has 0 bridgehead atoms. The molecule has 1 aromatic heterocycles. The van der Waals surface area contributed by atoms with Gasteiger partial charge in [-0.3, -0.25) is 0 Å².